The van der Waals surface area contributed by atoms with E-state index in [1.807, 2.05) is 12.1 Å². The van der Waals surface area contributed by atoms with Gasteiger partial charge in [-0.2, -0.15) is 0 Å². The largest absolute Gasteiger partial charge is 0.506 e. The number of carboxylic acid groups (broad SMARTS) is 1. The first-order chi connectivity index (χ1) is 16.1. The van der Waals surface area contributed by atoms with Gasteiger partial charge in [-0.05, 0) is 40.1 Å². The minimum Gasteiger partial charge on any atom is -0.506 e. The summed E-state index contributed by atoms with van der Waals surface area (Å²) in [4.78, 5) is 19.6. The van der Waals surface area contributed by atoms with Gasteiger partial charge < -0.3 is 15.1 Å². The molecule has 8 nitrogen and oxygen atoms in total. The van der Waals surface area contributed by atoms with Gasteiger partial charge in [0.15, 0.2) is 11.5 Å². The van der Waals surface area contributed by atoms with Gasteiger partial charge in [-0.1, -0.05) is 36.4 Å². The molecular weight excluding hydrogens is 418 g/mol. The zero-order chi connectivity index (χ0) is 22.8. The highest BCUT2D eigenvalue weighted by Crippen LogP contribution is 2.32. The Morgan fingerprint density at radius 3 is 2.39 bits per heavy atom. The van der Waals surface area contributed by atoms with Crippen LogP contribution in [0.4, 0.5) is 5.82 Å². The second kappa shape index (κ2) is 8.84. The fraction of sp³-hybridized carbons (Fsp3) is 0.200. The molecule has 0 aliphatic carbocycles. The van der Waals surface area contributed by atoms with Gasteiger partial charge in [0.05, 0.1) is 6.20 Å². The highest BCUT2D eigenvalue weighted by atomic mass is 16.4. The van der Waals surface area contributed by atoms with E-state index < -0.39 is 5.97 Å². The number of hydrogen-bond acceptors (Lipinski definition) is 7. The van der Waals surface area contributed by atoms with Gasteiger partial charge in [-0.3, -0.25) is 9.88 Å². The Morgan fingerprint density at radius 1 is 0.909 bits per heavy atom. The summed E-state index contributed by atoms with van der Waals surface area (Å²) in [6, 6.07) is 17.5. The predicted molar refractivity (Wildman–Crippen MR) is 125 cm³/mol. The number of benzene rings is 2. The summed E-state index contributed by atoms with van der Waals surface area (Å²) in [6.45, 7) is 4.17. The molecule has 2 aromatic carbocycles. The van der Waals surface area contributed by atoms with Crippen LogP contribution in [0, 0.1) is 0 Å². The molecule has 0 bridgehead atoms. The molecule has 1 saturated heterocycles. The molecule has 2 aromatic heterocycles. The van der Waals surface area contributed by atoms with E-state index in [9.17, 15) is 9.90 Å². The van der Waals surface area contributed by atoms with Crippen LogP contribution < -0.4 is 4.90 Å². The van der Waals surface area contributed by atoms with E-state index in [-0.39, 0.29) is 11.4 Å². The number of carboxylic acids is 1. The lowest BCUT2D eigenvalue weighted by molar-refractivity contribution is 0.0689. The van der Waals surface area contributed by atoms with Crippen molar-refractivity contribution in [3.05, 3.63) is 78.2 Å². The molecule has 33 heavy (non-hydrogen) atoms. The average molecular weight is 441 g/mol. The van der Waals surface area contributed by atoms with Crippen LogP contribution in [-0.2, 0) is 6.54 Å². The first kappa shape index (κ1) is 20.8. The highest BCUT2D eigenvalue weighted by Gasteiger charge is 2.20. The van der Waals surface area contributed by atoms with Crippen LogP contribution in [0.15, 0.2) is 67.0 Å². The molecule has 2 N–H and O–H groups in total. The minimum atomic E-state index is -1.07. The molecule has 8 heteroatoms. The van der Waals surface area contributed by atoms with Crippen LogP contribution in [0.2, 0.25) is 0 Å². The maximum atomic E-state index is 11.0. The Morgan fingerprint density at radius 2 is 1.70 bits per heavy atom. The summed E-state index contributed by atoms with van der Waals surface area (Å²) >= 11 is 0. The number of aromatic carboxylic acids is 1. The molecule has 0 unspecified atom stereocenters. The molecule has 166 valence electrons. The van der Waals surface area contributed by atoms with Crippen molar-refractivity contribution in [2.45, 2.75) is 6.54 Å². The van der Waals surface area contributed by atoms with E-state index in [4.69, 9.17) is 5.11 Å². The van der Waals surface area contributed by atoms with Crippen molar-refractivity contribution in [2.24, 2.45) is 0 Å². The maximum absolute atomic E-state index is 11.0. The zero-order valence-corrected chi connectivity index (χ0v) is 17.9. The van der Waals surface area contributed by atoms with Gasteiger partial charge in [0.1, 0.15) is 5.75 Å². The van der Waals surface area contributed by atoms with Gasteiger partial charge in [0.2, 0.25) is 0 Å². The number of aromatic hydroxyl groups is 1. The number of hydrogen-bond donors (Lipinski definition) is 2. The number of piperazine rings is 1. The zero-order valence-electron chi connectivity index (χ0n) is 17.9. The van der Waals surface area contributed by atoms with E-state index >= 15 is 0 Å². The summed E-state index contributed by atoms with van der Waals surface area (Å²) in [5, 5.41) is 29.0. The minimum absolute atomic E-state index is 0.0470. The smallest absolute Gasteiger partial charge is 0.356 e. The van der Waals surface area contributed by atoms with Crippen molar-refractivity contribution in [1.82, 2.24) is 20.1 Å². The lowest BCUT2D eigenvalue weighted by atomic mass is 9.95. The van der Waals surface area contributed by atoms with Crippen LogP contribution >= 0.6 is 0 Å². The van der Waals surface area contributed by atoms with Crippen molar-refractivity contribution >= 4 is 22.6 Å². The molecule has 1 aliphatic heterocycles. The summed E-state index contributed by atoms with van der Waals surface area (Å²) < 4.78 is 0. The van der Waals surface area contributed by atoms with Crippen molar-refractivity contribution in [2.75, 3.05) is 31.1 Å². The molecule has 1 fully saturated rings. The van der Waals surface area contributed by atoms with Crippen LogP contribution in [-0.4, -0.2) is 62.4 Å². The first-order valence-electron chi connectivity index (χ1n) is 10.8. The van der Waals surface area contributed by atoms with Gasteiger partial charge >= 0.3 is 5.97 Å². The Bertz CT molecular complexity index is 1300. The van der Waals surface area contributed by atoms with E-state index in [1.54, 1.807) is 18.3 Å². The third-order valence-electron chi connectivity index (χ3n) is 6.01. The number of fused-ring (bicyclic) bond motifs is 1. The molecule has 5 rings (SSSR count). The second-order valence-electron chi connectivity index (χ2n) is 8.09. The molecule has 1 aliphatic rings. The Hall–Kier alpha value is -4.04. The molecule has 0 amide bonds. The lowest BCUT2D eigenvalue weighted by Gasteiger charge is -2.35. The fourth-order valence-electron chi connectivity index (χ4n) is 4.31. The summed E-state index contributed by atoms with van der Waals surface area (Å²) in [5.41, 5.74) is 3.14. The monoisotopic (exact) mass is 441 g/mol. The lowest BCUT2D eigenvalue weighted by Crippen LogP contribution is -2.46. The van der Waals surface area contributed by atoms with Crippen molar-refractivity contribution in [1.29, 1.82) is 0 Å². The molecule has 0 radical (unpaired) electrons. The maximum Gasteiger partial charge on any atom is 0.356 e. The SMILES string of the molecule is O=C(O)c1ccc(N2CCN(Cc3ccc(-c4cncc(O)c4)c4ccccc34)CC2)nn1. The summed E-state index contributed by atoms with van der Waals surface area (Å²) in [6.07, 6.45) is 3.21. The van der Waals surface area contributed by atoms with Gasteiger partial charge in [-0.25, -0.2) is 4.79 Å². The fourth-order valence-corrected chi connectivity index (χ4v) is 4.31. The van der Waals surface area contributed by atoms with Crippen molar-refractivity contribution in [3.8, 4) is 16.9 Å². The number of nitrogens with zero attached hydrogens (tertiary/aromatic N) is 5. The van der Waals surface area contributed by atoms with Crippen LogP contribution in [0.1, 0.15) is 16.1 Å². The topological polar surface area (TPSA) is 103 Å². The Balaban J connectivity index is 1.32. The summed E-state index contributed by atoms with van der Waals surface area (Å²) in [7, 11) is 0. The Labute approximate surface area is 190 Å². The second-order valence-corrected chi connectivity index (χ2v) is 8.09. The van der Waals surface area contributed by atoms with Gasteiger partial charge in [0, 0.05) is 44.5 Å². The number of anilines is 1. The number of rotatable bonds is 5. The van der Waals surface area contributed by atoms with Crippen LogP contribution in [0.3, 0.4) is 0 Å². The first-order valence-corrected chi connectivity index (χ1v) is 10.8. The molecule has 3 heterocycles. The van der Waals surface area contributed by atoms with Crippen LogP contribution in [0.25, 0.3) is 21.9 Å². The normalized spacial score (nSPS) is 14.5. The molecule has 4 aromatic rings. The third kappa shape index (κ3) is 4.33. The van der Waals surface area contributed by atoms with E-state index in [0.717, 1.165) is 49.2 Å². The highest BCUT2D eigenvalue weighted by molar-refractivity contribution is 5.98. The standard InChI is InChI=1S/C25H23N5O3/c31-19-13-18(14-26-15-19)21-6-5-17(20-3-1-2-4-22(20)21)16-29-9-11-30(12-10-29)24-8-7-23(25(32)33)27-28-24/h1-8,13-15,31H,9-12,16H2,(H,32,33). The molecule has 0 saturated carbocycles. The molecule has 0 atom stereocenters. The number of aromatic nitrogens is 3. The van der Waals surface area contributed by atoms with Crippen molar-refractivity contribution in [3.63, 3.8) is 0 Å². The molecule has 0 spiro atoms. The van der Waals surface area contributed by atoms with Crippen LogP contribution in [0.5, 0.6) is 5.75 Å². The van der Waals surface area contributed by atoms with Gasteiger partial charge in [-0.15, -0.1) is 10.2 Å². The number of carbonyl (C=O) groups is 1. The van der Waals surface area contributed by atoms with Gasteiger partial charge in [0.25, 0.3) is 0 Å². The molecular formula is C25H23N5O3. The Kier molecular flexibility index (Phi) is 5.58. The summed E-state index contributed by atoms with van der Waals surface area (Å²) in [5.74, 6) is -0.215. The van der Waals surface area contributed by atoms with E-state index in [2.05, 4.69) is 49.2 Å². The quantitative estimate of drug-likeness (QED) is 0.486. The number of pyridine rings is 1. The predicted octanol–water partition coefficient (Wildman–Crippen LogP) is 3.42. The van der Waals surface area contributed by atoms with E-state index in [0.29, 0.717) is 5.82 Å². The van der Waals surface area contributed by atoms with E-state index in [1.165, 1.54) is 23.2 Å². The third-order valence-corrected chi connectivity index (χ3v) is 6.01. The van der Waals surface area contributed by atoms with Crippen molar-refractivity contribution < 1.29 is 15.0 Å². The average Bonchev–Trinajstić information content (AvgIpc) is 2.85.